The van der Waals surface area contributed by atoms with Crippen molar-refractivity contribution in [2.75, 3.05) is 24.7 Å². The van der Waals surface area contributed by atoms with Gasteiger partial charge in [-0.1, -0.05) is 23.7 Å². The summed E-state index contributed by atoms with van der Waals surface area (Å²) >= 11 is 6.00. The van der Waals surface area contributed by atoms with Crippen LogP contribution in [0.2, 0.25) is 5.02 Å². The quantitative estimate of drug-likeness (QED) is 0.627. The van der Waals surface area contributed by atoms with Crippen molar-refractivity contribution in [3.05, 3.63) is 58.9 Å². The summed E-state index contributed by atoms with van der Waals surface area (Å²) in [5, 5.41) is 9.37. The van der Waals surface area contributed by atoms with Crippen molar-refractivity contribution in [2.45, 2.75) is 13.3 Å². The highest BCUT2D eigenvalue weighted by Gasteiger charge is 2.18. The fourth-order valence-corrected chi connectivity index (χ4v) is 2.43. The largest absolute Gasteiger partial charge is 0.479 e. The van der Waals surface area contributed by atoms with E-state index in [0.29, 0.717) is 10.7 Å². The molecule has 8 heteroatoms. The first-order valence-electron chi connectivity index (χ1n) is 8.38. The molecule has 146 valence electrons. The molecule has 0 aliphatic heterocycles. The van der Waals surface area contributed by atoms with Gasteiger partial charge in [-0.3, -0.25) is 4.79 Å². The summed E-state index contributed by atoms with van der Waals surface area (Å²) in [5.41, 5.74) is 1.31. The number of hydrogen-bond donors (Lipinski definition) is 0. The standard InChI is InChI=1S/C20H18ClFN2O4/c1-14-11-15(7-8-16(14)21)24(10-4-9-23)19(25)12-28-20(26)13-27-18-6-3-2-5-17(18)22/h2-3,5-8,11H,4,10,12-13H2,1H3. The number of carbonyl (C=O) groups excluding carboxylic acids is 2. The van der Waals surface area contributed by atoms with Crippen molar-refractivity contribution < 1.29 is 23.5 Å². The SMILES string of the molecule is Cc1cc(N(CCC#N)C(=O)COC(=O)COc2ccccc2F)ccc1Cl. The molecule has 2 aromatic rings. The molecular weight excluding hydrogens is 387 g/mol. The van der Waals surface area contributed by atoms with Crippen LogP contribution in [0.5, 0.6) is 5.75 Å². The molecule has 0 saturated heterocycles. The fourth-order valence-electron chi connectivity index (χ4n) is 2.32. The van der Waals surface area contributed by atoms with Gasteiger partial charge in [-0.2, -0.15) is 5.26 Å². The van der Waals surface area contributed by atoms with Crippen LogP contribution in [-0.4, -0.2) is 31.6 Å². The van der Waals surface area contributed by atoms with E-state index in [1.165, 1.54) is 23.1 Å². The topological polar surface area (TPSA) is 79.6 Å². The van der Waals surface area contributed by atoms with E-state index in [1.54, 1.807) is 31.2 Å². The maximum Gasteiger partial charge on any atom is 0.344 e. The first-order chi connectivity index (χ1) is 13.4. The van der Waals surface area contributed by atoms with Gasteiger partial charge in [0.15, 0.2) is 24.8 Å². The minimum Gasteiger partial charge on any atom is -0.479 e. The Hall–Kier alpha value is -3.11. The minimum atomic E-state index is -0.816. The maximum atomic E-state index is 13.5. The predicted molar refractivity (Wildman–Crippen MR) is 102 cm³/mol. The molecule has 1 amide bonds. The highest BCUT2D eigenvalue weighted by Crippen LogP contribution is 2.23. The van der Waals surface area contributed by atoms with Crippen molar-refractivity contribution in [3.63, 3.8) is 0 Å². The summed E-state index contributed by atoms with van der Waals surface area (Å²) in [4.78, 5) is 25.6. The Morgan fingerprint density at radius 3 is 2.64 bits per heavy atom. The summed E-state index contributed by atoms with van der Waals surface area (Å²) in [5.74, 6) is -2.01. The number of rotatable bonds is 8. The van der Waals surface area contributed by atoms with Crippen LogP contribution in [0.15, 0.2) is 42.5 Å². The Labute approximate surface area is 167 Å². The van der Waals surface area contributed by atoms with Gasteiger partial charge < -0.3 is 14.4 Å². The van der Waals surface area contributed by atoms with E-state index in [4.69, 9.17) is 26.3 Å². The van der Waals surface area contributed by atoms with Crippen LogP contribution in [0.4, 0.5) is 10.1 Å². The Balaban J connectivity index is 1.95. The lowest BCUT2D eigenvalue weighted by atomic mass is 10.2. The molecule has 0 heterocycles. The molecule has 2 aromatic carbocycles. The zero-order valence-corrected chi connectivity index (χ0v) is 15.9. The molecule has 28 heavy (non-hydrogen) atoms. The van der Waals surface area contributed by atoms with Crippen LogP contribution in [0.3, 0.4) is 0 Å². The lowest BCUT2D eigenvalue weighted by Gasteiger charge is -2.22. The third kappa shape index (κ3) is 5.96. The Morgan fingerprint density at radius 2 is 1.96 bits per heavy atom. The number of nitrogens with zero attached hydrogens (tertiary/aromatic N) is 2. The van der Waals surface area contributed by atoms with Crippen molar-refractivity contribution >= 4 is 29.2 Å². The van der Waals surface area contributed by atoms with Crippen molar-refractivity contribution in [1.82, 2.24) is 0 Å². The number of carbonyl (C=O) groups is 2. The van der Waals surface area contributed by atoms with E-state index in [9.17, 15) is 14.0 Å². The Kier molecular flexibility index (Phi) is 7.78. The van der Waals surface area contributed by atoms with Crippen LogP contribution in [0.25, 0.3) is 0 Å². The highest BCUT2D eigenvalue weighted by molar-refractivity contribution is 6.31. The summed E-state index contributed by atoms with van der Waals surface area (Å²) in [6.07, 6.45) is 0.109. The van der Waals surface area contributed by atoms with Crippen LogP contribution in [-0.2, 0) is 14.3 Å². The van der Waals surface area contributed by atoms with E-state index in [2.05, 4.69) is 0 Å². The molecule has 0 unspecified atom stereocenters. The lowest BCUT2D eigenvalue weighted by Crippen LogP contribution is -2.36. The summed E-state index contributed by atoms with van der Waals surface area (Å²) in [7, 11) is 0. The molecule has 0 radical (unpaired) electrons. The molecule has 0 saturated carbocycles. The first kappa shape index (κ1) is 21.2. The number of anilines is 1. The molecule has 0 atom stereocenters. The minimum absolute atomic E-state index is 0.0851. The number of aryl methyl sites for hydroxylation is 1. The normalized spacial score (nSPS) is 10.1. The number of benzene rings is 2. The average molecular weight is 405 g/mol. The third-order valence-corrected chi connectivity index (χ3v) is 4.16. The summed E-state index contributed by atoms with van der Waals surface area (Å²) < 4.78 is 23.4. The number of ether oxygens (including phenoxy) is 2. The Morgan fingerprint density at radius 1 is 1.21 bits per heavy atom. The molecule has 0 bridgehead atoms. The van der Waals surface area contributed by atoms with Gasteiger partial charge in [0.05, 0.1) is 12.5 Å². The summed E-state index contributed by atoms with van der Waals surface area (Å²) in [6.45, 7) is 0.859. The van der Waals surface area contributed by atoms with Gasteiger partial charge in [0, 0.05) is 17.3 Å². The second-order valence-corrected chi connectivity index (χ2v) is 6.17. The number of halogens is 2. The van der Waals surface area contributed by atoms with Crippen LogP contribution < -0.4 is 9.64 Å². The number of esters is 1. The molecular formula is C20H18ClFN2O4. The summed E-state index contributed by atoms with van der Waals surface area (Å²) in [6, 6.07) is 12.6. The second kappa shape index (κ2) is 10.3. The number of nitriles is 1. The number of hydrogen-bond acceptors (Lipinski definition) is 5. The third-order valence-electron chi connectivity index (χ3n) is 3.74. The van der Waals surface area contributed by atoms with Gasteiger partial charge >= 0.3 is 5.97 Å². The van der Waals surface area contributed by atoms with Crippen LogP contribution in [0.1, 0.15) is 12.0 Å². The molecule has 0 N–H and O–H groups in total. The van der Waals surface area contributed by atoms with Gasteiger partial charge in [0.1, 0.15) is 0 Å². The highest BCUT2D eigenvalue weighted by atomic mass is 35.5. The van der Waals surface area contributed by atoms with E-state index in [0.717, 1.165) is 5.56 Å². The number of amides is 1. The van der Waals surface area contributed by atoms with Crippen LogP contribution in [0, 0.1) is 24.1 Å². The van der Waals surface area contributed by atoms with Gasteiger partial charge in [-0.05, 0) is 42.8 Å². The zero-order valence-electron chi connectivity index (χ0n) is 15.2. The molecule has 0 spiro atoms. The molecule has 2 rings (SSSR count). The number of para-hydroxylation sites is 1. The van der Waals surface area contributed by atoms with Crippen LogP contribution >= 0.6 is 11.6 Å². The predicted octanol–water partition coefficient (Wildman–Crippen LogP) is 3.66. The average Bonchev–Trinajstić information content (AvgIpc) is 2.68. The van der Waals surface area contributed by atoms with E-state index in [1.807, 2.05) is 6.07 Å². The molecule has 0 aliphatic rings. The monoisotopic (exact) mass is 404 g/mol. The molecule has 0 aromatic heterocycles. The smallest absolute Gasteiger partial charge is 0.344 e. The maximum absolute atomic E-state index is 13.5. The second-order valence-electron chi connectivity index (χ2n) is 5.77. The Bertz CT molecular complexity index is 898. The van der Waals surface area contributed by atoms with Crippen molar-refractivity contribution in [3.8, 4) is 11.8 Å². The van der Waals surface area contributed by atoms with Gasteiger partial charge in [0.25, 0.3) is 5.91 Å². The lowest BCUT2D eigenvalue weighted by molar-refractivity contribution is -0.149. The molecule has 0 fully saturated rings. The van der Waals surface area contributed by atoms with Gasteiger partial charge in [-0.25, -0.2) is 9.18 Å². The van der Waals surface area contributed by atoms with E-state index >= 15 is 0 Å². The van der Waals surface area contributed by atoms with E-state index in [-0.39, 0.29) is 18.7 Å². The van der Waals surface area contributed by atoms with Gasteiger partial charge in [-0.15, -0.1) is 0 Å². The molecule has 6 nitrogen and oxygen atoms in total. The van der Waals surface area contributed by atoms with Crippen molar-refractivity contribution in [2.24, 2.45) is 0 Å². The van der Waals surface area contributed by atoms with E-state index < -0.39 is 30.9 Å². The first-order valence-corrected chi connectivity index (χ1v) is 8.76. The fraction of sp³-hybridized carbons (Fsp3) is 0.250. The van der Waals surface area contributed by atoms with Crippen molar-refractivity contribution in [1.29, 1.82) is 5.26 Å². The van der Waals surface area contributed by atoms with Gasteiger partial charge in [0.2, 0.25) is 0 Å². The molecule has 0 aliphatic carbocycles. The zero-order chi connectivity index (χ0) is 20.5.